The smallest absolute Gasteiger partial charge is 0.377 e. The Labute approximate surface area is 202 Å². The molecule has 6 nitrogen and oxygen atoms in total. The number of hydrogen-bond donors (Lipinski definition) is 4. The van der Waals surface area contributed by atoms with Crippen molar-refractivity contribution in [3.05, 3.63) is 103 Å². The van der Waals surface area contributed by atoms with Gasteiger partial charge in [0.05, 0.1) is 6.61 Å². The van der Waals surface area contributed by atoms with Crippen LogP contribution in [0, 0.1) is 0 Å². The maximum absolute atomic E-state index is 10.5. The quantitative estimate of drug-likeness (QED) is 0.261. The molecule has 0 aliphatic carbocycles. The van der Waals surface area contributed by atoms with Crippen LogP contribution < -0.4 is 0 Å². The summed E-state index contributed by atoms with van der Waals surface area (Å²) >= 11 is 6.85. The minimum absolute atomic E-state index is 0.671. The number of carbonyl (C=O) groups excluding carboxylic acids is 1. The van der Waals surface area contributed by atoms with Crippen LogP contribution in [0.5, 0.6) is 0 Å². The predicted octanol–water partition coefficient (Wildman–Crippen LogP) is 5.59. The summed E-state index contributed by atoms with van der Waals surface area (Å²) in [5.74, 6) is -2.78. The van der Waals surface area contributed by atoms with Gasteiger partial charge in [0.15, 0.2) is 11.9 Å². The van der Waals surface area contributed by atoms with Crippen molar-refractivity contribution in [2.75, 3.05) is 6.61 Å². The van der Waals surface area contributed by atoms with Gasteiger partial charge in [-0.3, -0.25) is 0 Å². The highest BCUT2D eigenvalue weighted by atomic mass is 32.1. The Bertz CT molecular complexity index is 730. The van der Waals surface area contributed by atoms with E-state index in [-0.39, 0.29) is 0 Å². The second-order valence-electron chi connectivity index (χ2n) is 5.48. The molecule has 5 heterocycles. The van der Waals surface area contributed by atoms with Gasteiger partial charge in [-0.1, -0.05) is 48.5 Å². The highest BCUT2D eigenvalue weighted by molar-refractivity contribution is 7.08. The summed E-state index contributed by atoms with van der Waals surface area (Å²) in [6, 6.07) is 16.1. The number of ether oxygens (including phenoxy) is 1. The van der Waals surface area contributed by atoms with E-state index in [1.807, 2.05) is 91.6 Å². The fraction of sp³-hybridized carbons (Fsp3) is 0.136. The Morgan fingerprint density at radius 3 is 1.19 bits per heavy atom. The number of aliphatic hydroxyl groups excluding tert-OH is 4. The molecule has 0 saturated carbocycles. The van der Waals surface area contributed by atoms with Crippen molar-refractivity contribution < 1.29 is 30.0 Å². The number of thiophene rings is 4. The molecule has 172 valence electrons. The van der Waals surface area contributed by atoms with Crippen LogP contribution in [0.3, 0.4) is 0 Å². The Balaban J connectivity index is 0.000000215. The van der Waals surface area contributed by atoms with Crippen molar-refractivity contribution in [2.24, 2.45) is 0 Å². The maximum atomic E-state index is 10.5. The van der Waals surface area contributed by atoms with Gasteiger partial charge in [0.1, 0.15) is 6.10 Å². The van der Waals surface area contributed by atoms with Crippen molar-refractivity contribution >= 4 is 51.3 Å². The molecular weight excluding hydrogens is 489 g/mol. The highest BCUT2D eigenvalue weighted by Crippen LogP contribution is 2.20. The molecule has 0 unspecified atom stereocenters. The Kier molecular flexibility index (Phi) is 15.6. The molecule has 32 heavy (non-hydrogen) atoms. The number of carbonyl (C=O) groups is 1. The third-order valence-corrected chi connectivity index (χ3v) is 5.69. The van der Waals surface area contributed by atoms with Crippen molar-refractivity contribution in [1.82, 2.24) is 0 Å². The van der Waals surface area contributed by atoms with Gasteiger partial charge in [-0.15, -0.1) is 0 Å². The summed E-state index contributed by atoms with van der Waals surface area (Å²) in [6.07, 6.45) is -2.78. The van der Waals surface area contributed by atoms with E-state index in [2.05, 4.69) is 4.74 Å². The molecule has 0 radical (unpaired) electrons. The molecule has 4 N–H and O–H groups in total. The molecule has 2 atom stereocenters. The minimum atomic E-state index is -1.42. The van der Waals surface area contributed by atoms with E-state index >= 15 is 0 Å². The number of rotatable bonds is 2. The zero-order valence-electron chi connectivity index (χ0n) is 16.8. The second kappa shape index (κ2) is 18.1. The van der Waals surface area contributed by atoms with Gasteiger partial charge >= 0.3 is 5.97 Å². The molecule has 0 aromatic carbocycles. The fourth-order valence-corrected chi connectivity index (χ4v) is 3.54. The van der Waals surface area contributed by atoms with Crippen LogP contribution in [-0.2, 0) is 9.53 Å². The molecule has 0 saturated heterocycles. The second-order valence-corrected chi connectivity index (χ2v) is 8.75. The van der Waals surface area contributed by atoms with E-state index in [4.69, 9.17) is 20.4 Å². The first-order valence-corrected chi connectivity index (χ1v) is 12.9. The monoisotopic (exact) mass is 512 g/mol. The van der Waals surface area contributed by atoms with E-state index in [0.717, 1.165) is 0 Å². The van der Waals surface area contributed by atoms with E-state index in [0.29, 0.717) is 0 Å². The van der Waals surface area contributed by atoms with Crippen molar-refractivity contribution in [3.63, 3.8) is 0 Å². The van der Waals surface area contributed by atoms with Gasteiger partial charge in [0, 0.05) is 0 Å². The van der Waals surface area contributed by atoms with Crippen LogP contribution in [0.2, 0.25) is 0 Å². The molecule has 1 aliphatic heterocycles. The van der Waals surface area contributed by atoms with Gasteiger partial charge in [-0.2, -0.15) is 45.3 Å². The Morgan fingerprint density at radius 2 is 1.03 bits per heavy atom. The molecule has 0 spiro atoms. The summed E-state index contributed by atoms with van der Waals surface area (Å²) < 4.78 is 4.32. The summed E-state index contributed by atoms with van der Waals surface area (Å²) in [5, 5.41) is 51.4. The summed E-state index contributed by atoms with van der Waals surface area (Å²) in [7, 11) is 0. The van der Waals surface area contributed by atoms with Crippen molar-refractivity contribution in [3.8, 4) is 0 Å². The van der Waals surface area contributed by atoms with Gasteiger partial charge in [0.25, 0.3) is 0 Å². The fourth-order valence-electron chi connectivity index (χ4n) is 1.73. The normalized spacial score (nSPS) is 14.7. The SMILES string of the molecule is O=C1O[C@H]([C@@H](O)CO)C(O)=C1O.c1ccsc1.c1ccsc1.c1ccsc1.c1ccsc1. The summed E-state index contributed by atoms with van der Waals surface area (Å²) in [5.41, 5.74) is 0. The molecule has 10 heteroatoms. The summed E-state index contributed by atoms with van der Waals surface area (Å²) in [6.45, 7) is -0.671. The van der Waals surface area contributed by atoms with Gasteiger partial charge < -0.3 is 25.2 Å². The van der Waals surface area contributed by atoms with E-state index in [1.54, 1.807) is 45.3 Å². The maximum Gasteiger partial charge on any atom is 0.377 e. The van der Waals surface area contributed by atoms with Crippen molar-refractivity contribution in [2.45, 2.75) is 12.2 Å². The minimum Gasteiger partial charge on any atom is -0.505 e. The molecular formula is C22H24O6S4. The third kappa shape index (κ3) is 12.4. The zero-order valence-corrected chi connectivity index (χ0v) is 20.1. The van der Waals surface area contributed by atoms with E-state index in [1.165, 1.54) is 0 Å². The van der Waals surface area contributed by atoms with Gasteiger partial charge in [-0.25, -0.2) is 4.79 Å². The molecule has 0 bridgehead atoms. The van der Waals surface area contributed by atoms with Gasteiger partial charge in [0.2, 0.25) is 5.76 Å². The molecule has 1 aliphatic rings. The number of esters is 1. The van der Waals surface area contributed by atoms with E-state index < -0.39 is 36.3 Å². The number of aliphatic hydroxyl groups is 4. The topological polar surface area (TPSA) is 107 Å². The predicted molar refractivity (Wildman–Crippen MR) is 133 cm³/mol. The largest absolute Gasteiger partial charge is 0.505 e. The molecule has 0 fully saturated rings. The van der Waals surface area contributed by atoms with Crippen LogP contribution >= 0.6 is 45.3 Å². The number of hydrogen-bond acceptors (Lipinski definition) is 10. The highest BCUT2D eigenvalue weighted by Gasteiger charge is 2.38. The molecule has 0 amide bonds. The Hall–Kier alpha value is -2.47. The zero-order chi connectivity index (χ0) is 23.4. The van der Waals surface area contributed by atoms with E-state index in [9.17, 15) is 4.79 Å². The van der Waals surface area contributed by atoms with Gasteiger partial charge in [-0.05, 0) is 43.0 Å². The lowest BCUT2D eigenvalue weighted by molar-refractivity contribution is -0.147. The third-order valence-electron chi connectivity index (χ3n) is 3.18. The first kappa shape index (κ1) is 27.6. The average molecular weight is 513 g/mol. The lowest BCUT2D eigenvalue weighted by atomic mass is 10.2. The first-order chi connectivity index (χ1) is 15.6. The lowest BCUT2D eigenvalue weighted by Gasteiger charge is -2.13. The molecule has 4 aromatic heterocycles. The average Bonchev–Trinajstić information content (AvgIpc) is 3.66. The molecule has 5 rings (SSSR count). The van der Waals surface area contributed by atoms with Crippen LogP contribution in [0.1, 0.15) is 0 Å². The van der Waals surface area contributed by atoms with Crippen LogP contribution in [0.15, 0.2) is 103 Å². The van der Waals surface area contributed by atoms with Crippen LogP contribution in [0.25, 0.3) is 0 Å². The summed E-state index contributed by atoms with van der Waals surface area (Å²) in [4.78, 5) is 10.5. The Morgan fingerprint density at radius 1 is 0.719 bits per heavy atom. The van der Waals surface area contributed by atoms with Crippen molar-refractivity contribution in [1.29, 1.82) is 0 Å². The lowest BCUT2D eigenvalue weighted by Crippen LogP contribution is -2.31. The van der Waals surface area contributed by atoms with Crippen LogP contribution in [-0.4, -0.2) is 45.2 Å². The first-order valence-electron chi connectivity index (χ1n) is 9.08. The molecule has 4 aromatic rings. The van der Waals surface area contributed by atoms with Crippen LogP contribution in [0.4, 0.5) is 0 Å². The standard InChI is InChI=1S/C6H8O6.4C4H4S/c7-1-2(8)5-3(9)4(10)6(11)12-5;4*1-2-4-5-3-1/h2,5,7-10H,1H2;4*1-4H/t2-,5+;;;;/m0..../s1. The number of cyclic esters (lactones) is 1.